The van der Waals surface area contributed by atoms with E-state index in [4.69, 9.17) is 13.9 Å². The summed E-state index contributed by atoms with van der Waals surface area (Å²) < 4.78 is 16.4. The Morgan fingerprint density at radius 1 is 0.947 bits per heavy atom. The van der Waals surface area contributed by atoms with Crippen LogP contribution in [0.5, 0.6) is 11.5 Å². The summed E-state index contributed by atoms with van der Waals surface area (Å²) in [5.41, 5.74) is 2.75. The zero-order valence-corrected chi connectivity index (χ0v) is 22.7. The molecule has 202 valence electrons. The lowest BCUT2D eigenvalue weighted by atomic mass is 9.93. The van der Waals surface area contributed by atoms with Crippen LogP contribution < -0.4 is 9.47 Å². The van der Waals surface area contributed by atoms with E-state index in [1.807, 2.05) is 61.5 Å². The van der Waals surface area contributed by atoms with E-state index in [9.17, 15) is 9.59 Å². The molecule has 1 saturated carbocycles. The maximum Gasteiger partial charge on any atom is 0.254 e. The zero-order chi connectivity index (χ0) is 26.9. The summed E-state index contributed by atoms with van der Waals surface area (Å²) in [4.78, 5) is 31.0. The third kappa shape index (κ3) is 6.97. The van der Waals surface area contributed by atoms with E-state index >= 15 is 0 Å². The number of methoxy groups -OCH3 is 2. The Morgan fingerprint density at radius 2 is 1.68 bits per heavy atom. The molecule has 1 aliphatic carbocycles. The molecular formula is C31H38N2O5. The van der Waals surface area contributed by atoms with Crippen molar-refractivity contribution in [2.75, 3.05) is 27.3 Å². The van der Waals surface area contributed by atoms with Crippen LogP contribution in [-0.2, 0) is 17.8 Å². The second-order valence-electron chi connectivity index (χ2n) is 9.92. The molecule has 0 saturated heterocycles. The van der Waals surface area contributed by atoms with Gasteiger partial charge >= 0.3 is 0 Å². The van der Waals surface area contributed by atoms with Gasteiger partial charge in [-0.1, -0.05) is 43.0 Å². The van der Waals surface area contributed by atoms with Crippen LogP contribution in [0.1, 0.15) is 59.3 Å². The van der Waals surface area contributed by atoms with Gasteiger partial charge in [0.15, 0.2) is 11.5 Å². The molecule has 7 nitrogen and oxygen atoms in total. The van der Waals surface area contributed by atoms with Gasteiger partial charge in [-0.25, -0.2) is 0 Å². The van der Waals surface area contributed by atoms with Crippen LogP contribution in [0.2, 0.25) is 0 Å². The minimum atomic E-state index is -0.0899. The summed E-state index contributed by atoms with van der Waals surface area (Å²) in [7, 11) is 3.22. The van der Waals surface area contributed by atoms with Crippen molar-refractivity contribution in [2.24, 2.45) is 0 Å². The molecule has 0 spiro atoms. The Bertz CT molecular complexity index is 1180. The fraction of sp³-hybridized carbons (Fsp3) is 0.419. The maximum atomic E-state index is 13.8. The lowest BCUT2D eigenvalue weighted by molar-refractivity contribution is -0.133. The highest BCUT2D eigenvalue weighted by Gasteiger charge is 2.30. The van der Waals surface area contributed by atoms with E-state index in [2.05, 4.69) is 0 Å². The molecule has 0 N–H and O–H groups in total. The first kappa shape index (κ1) is 27.3. The standard InChI is InChI=1S/C31H38N2O5/c1-23-11-14-25(15-12-23)31(35)33(26-8-5-4-6-9-26)22-30(34)32(21-27-10-7-19-38-27)18-17-24-13-16-28(36-2)29(20-24)37-3/h7,10-16,19-20,26H,4-6,8-9,17-18,21-22H2,1-3H3. The van der Waals surface area contributed by atoms with E-state index < -0.39 is 0 Å². The molecule has 0 bridgehead atoms. The molecule has 3 aromatic rings. The highest BCUT2D eigenvalue weighted by molar-refractivity contribution is 5.96. The molecule has 38 heavy (non-hydrogen) atoms. The summed E-state index contributed by atoms with van der Waals surface area (Å²) >= 11 is 0. The van der Waals surface area contributed by atoms with Crippen LogP contribution in [0.15, 0.2) is 65.3 Å². The molecule has 2 aromatic carbocycles. The molecule has 1 heterocycles. The number of rotatable bonds is 11. The van der Waals surface area contributed by atoms with Crippen LogP contribution in [0.25, 0.3) is 0 Å². The number of benzene rings is 2. The van der Waals surface area contributed by atoms with Gasteiger partial charge in [0.25, 0.3) is 5.91 Å². The highest BCUT2D eigenvalue weighted by Crippen LogP contribution is 2.28. The van der Waals surface area contributed by atoms with E-state index in [1.54, 1.807) is 30.3 Å². The minimum Gasteiger partial charge on any atom is -0.493 e. The van der Waals surface area contributed by atoms with Crippen molar-refractivity contribution in [1.29, 1.82) is 0 Å². The number of amides is 2. The van der Waals surface area contributed by atoms with Gasteiger partial charge in [0.05, 0.1) is 27.0 Å². The van der Waals surface area contributed by atoms with Gasteiger partial charge in [0.1, 0.15) is 12.3 Å². The molecular weight excluding hydrogens is 480 g/mol. The van der Waals surface area contributed by atoms with E-state index in [-0.39, 0.29) is 24.4 Å². The molecule has 1 fully saturated rings. The second-order valence-corrected chi connectivity index (χ2v) is 9.92. The average Bonchev–Trinajstić information content (AvgIpc) is 3.47. The van der Waals surface area contributed by atoms with Crippen LogP contribution in [0, 0.1) is 6.92 Å². The topological polar surface area (TPSA) is 72.2 Å². The molecule has 0 aliphatic heterocycles. The Hall–Kier alpha value is -3.74. The quantitative estimate of drug-likeness (QED) is 0.328. The first-order valence-electron chi connectivity index (χ1n) is 13.4. The number of hydrogen-bond acceptors (Lipinski definition) is 5. The molecule has 0 atom stereocenters. The van der Waals surface area contributed by atoms with Gasteiger partial charge in [-0.2, -0.15) is 0 Å². The van der Waals surface area contributed by atoms with Crippen LogP contribution in [0.4, 0.5) is 0 Å². The summed E-state index contributed by atoms with van der Waals surface area (Å²) in [6.07, 6.45) is 7.41. The monoisotopic (exact) mass is 518 g/mol. The van der Waals surface area contributed by atoms with Crippen molar-refractivity contribution >= 4 is 11.8 Å². The first-order valence-corrected chi connectivity index (χ1v) is 13.4. The Morgan fingerprint density at radius 3 is 2.34 bits per heavy atom. The fourth-order valence-electron chi connectivity index (χ4n) is 5.05. The molecule has 1 aliphatic rings. The van der Waals surface area contributed by atoms with Gasteiger partial charge in [-0.15, -0.1) is 0 Å². The van der Waals surface area contributed by atoms with Gasteiger partial charge in [0, 0.05) is 18.2 Å². The van der Waals surface area contributed by atoms with Gasteiger partial charge in [-0.3, -0.25) is 9.59 Å². The highest BCUT2D eigenvalue weighted by atomic mass is 16.5. The summed E-state index contributed by atoms with van der Waals surface area (Å²) in [6, 6.07) is 17.1. The van der Waals surface area contributed by atoms with Crippen LogP contribution >= 0.6 is 0 Å². The number of hydrogen-bond donors (Lipinski definition) is 0. The number of carbonyl (C=O) groups excluding carboxylic acids is 2. The number of nitrogens with zero attached hydrogens (tertiary/aromatic N) is 2. The number of carbonyl (C=O) groups is 2. The summed E-state index contributed by atoms with van der Waals surface area (Å²) in [5.74, 6) is 1.86. The van der Waals surface area contributed by atoms with Crippen LogP contribution in [0.3, 0.4) is 0 Å². The van der Waals surface area contributed by atoms with E-state index in [1.165, 1.54) is 6.42 Å². The largest absolute Gasteiger partial charge is 0.493 e. The Kier molecular flexibility index (Phi) is 9.46. The minimum absolute atomic E-state index is 0.0457. The van der Waals surface area contributed by atoms with Gasteiger partial charge in [-0.05, 0) is 68.1 Å². The normalized spacial score (nSPS) is 13.7. The van der Waals surface area contributed by atoms with E-state index in [0.717, 1.165) is 36.8 Å². The molecule has 0 unspecified atom stereocenters. The Balaban J connectivity index is 1.53. The molecule has 2 amide bonds. The lowest BCUT2D eigenvalue weighted by Crippen LogP contribution is -2.48. The molecule has 4 rings (SSSR count). The van der Waals surface area contributed by atoms with Crippen molar-refractivity contribution in [2.45, 2.75) is 58.0 Å². The summed E-state index contributed by atoms with van der Waals surface area (Å²) in [6.45, 7) is 2.87. The van der Waals surface area contributed by atoms with Crippen molar-refractivity contribution in [3.8, 4) is 11.5 Å². The van der Waals surface area contributed by atoms with Gasteiger partial charge < -0.3 is 23.7 Å². The number of aryl methyl sites for hydroxylation is 1. The second kappa shape index (κ2) is 13.2. The third-order valence-corrected chi connectivity index (χ3v) is 7.28. The maximum absolute atomic E-state index is 13.8. The predicted molar refractivity (Wildman–Crippen MR) is 146 cm³/mol. The first-order chi connectivity index (χ1) is 18.5. The molecule has 1 aromatic heterocycles. The molecule has 0 radical (unpaired) electrons. The lowest BCUT2D eigenvalue weighted by Gasteiger charge is -2.35. The fourth-order valence-corrected chi connectivity index (χ4v) is 5.05. The van der Waals surface area contributed by atoms with E-state index in [0.29, 0.717) is 42.3 Å². The average molecular weight is 519 g/mol. The number of furan rings is 1. The van der Waals surface area contributed by atoms with Crippen LogP contribution in [-0.4, -0.2) is 55.0 Å². The van der Waals surface area contributed by atoms with Crippen molar-refractivity contribution in [3.63, 3.8) is 0 Å². The van der Waals surface area contributed by atoms with Crippen molar-refractivity contribution < 1.29 is 23.5 Å². The Labute approximate surface area is 225 Å². The molecule has 7 heteroatoms. The SMILES string of the molecule is COc1ccc(CCN(Cc2ccco2)C(=O)CN(C(=O)c2ccc(C)cc2)C2CCCCC2)cc1OC. The zero-order valence-electron chi connectivity index (χ0n) is 22.7. The number of ether oxygens (including phenoxy) is 2. The third-order valence-electron chi connectivity index (χ3n) is 7.28. The van der Waals surface area contributed by atoms with Crippen molar-refractivity contribution in [3.05, 3.63) is 83.3 Å². The van der Waals surface area contributed by atoms with Crippen molar-refractivity contribution in [1.82, 2.24) is 9.80 Å². The smallest absolute Gasteiger partial charge is 0.254 e. The summed E-state index contributed by atoms with van der Waals surface area (Å²) in [5, 5.41) is 0. The predicted octanol–water partition coefficient (Wildman–Crippen LogP) is 5.65. The van der Waals surface area contributed by atoms with Gasteiger partial charge in [0.2, 0.25) is 5.91 Å².